The van der Waals surface area contributed by atoms with E-state index in [4.69, 9.17) is 9.97 Å². The number of nitrogens with zero attached hydrogens (tertiary/aromatic N) is 5. The lowest BCUT2D eigenvalue weighted by Crippen LogP contribution is -2.24. The van der Waals surface area contributed by atoms with E-state index in [9.17, 15) is 10.2 Å². The van der Waals surface area contributed by atoms with Gasteiger partial charge in [0.15, 0.2) is 11.5 Å². The zero-order chi connectivity index (χ0) is 19.3. The van der Waals surface area contributed by atoms with Crippen molar-refractivity contribution < 1.29 is 10.2 Å². The molecule has 28 heavy (non-hydrogen) atoms. The van der Waals surface area contributed by atoms with Crippen LogP contribution in [0.25, 0.3) is 22.3 Å². The molecular formula is C21H25N5O2. The molecule has 0 spiro atoms. The zero-order valence-corrected chi connectivity index (χ0v) is 16.1. The number of phenols is 2. The van der Waals surface area contributed by atoms with Crippen LogP contribution in [0, 0.1) is 0 Å². The highest BCUT2D eigenvalue weighted by molar-refractivity contribution is 5.94. The van der Waals surface area contributed by atoms with Crippen molar-refractivity contribution >= 4 is 22.8 Å². The van der Waals surface area contributed by atoms with Gasteiger partial charge < -0.3 is 24.6 Å². The number of anilines is 2. The van der Waals surface area contributed by atoms with Crippen molar-refractivity contribution in [1.82, 2.24) is 14.5 Å². The molecule has 0 amide bonds. The quantitative estimate of drug-likeness (QED) is 0.680. The number of aromatic hydroxyl groups is 2. The Bertz CT molecular complexity index is 1030. The largest absolute Gasteiger partial charge is 0.504 e. The molecule has 0 aliphatic carbocycles. The van der Waals surface area contributed by atoms with E-state index in [-0.39, 0.29) is 11.5 Å². The molecule has 2 aliphatic heterocycles. The van der Waals surface area contributed by atoms with E-state index in [0.29, 0.717) is 0 Å². The fourth-order valence-electron chi connectivity index (χ4n) is 4.36. The van der Waals surface area contributed by atoms with Crippen LogP contribution in [0.15, 0.2) is 24.3 Å². The molecule has 4 heterocycles. The molecule has 7 nitrogen and oxygen atoms in total. The number of benzene rings is 1. The van der Waals surface area contributed by atoms with Crippen LogP contribution in [0.3, 0.4) is 0 Å². The van der Waals surface area contributed by atoms with Crippen LogP contribution in [-0.2, 0) is 7.05 Å². The van der Waals surface area contributed by atoms with Crippen LogP contribution >= 0.6 is 0 Å². The lowest BCUT2D eigenvalue weighted by Gasteiger charge is -2.21. The van der Waals surface area contributed by atoms with Gasteiger partial charge in [0.1, 0.15) is 11.5 Å². The average molecular weight is 379 g/mol. The van der Waals surface area contributed by atoms with Gasteiger partial charge in [0.05, 0.1) is 11.1 Å². The van der Waals surface area contributed by atoms with Crippen molar-refractivity contribution in [2.45, 2.75) is 25.7 Å². The minimum atomic E-state index is -0.119. The zero-order valence-electron chi connectivity index (χ0n) is 16.1. The van der Waals surface area contributed by atoms with Gasteiger partial charge in [-0.15, -0.1) is 0 Å². The van der Waals surface area contributed by atoms with Crippen LogP contribution in [0.5, 0.6) is 11.5 Å². The Kier molecular flexibility index (Phi) is 4.03. The number of hydrogen-bond acceptors (Lipinski definition) is 6. The SMILES string of the molecule is Cn1c(-c2ccc(O)c(O)c2)cc2c(N3CCCC3)nc(N3CCCC3)nc21. The summed E-state index contributed by atoms with van der Waals surface area (Å²) in [6.07, 6.45) is 4.75. The van der Waals surface area contributed by atoms with E-state index < -0.39 is 0 Å². The molecule has 3 aromatic rings. The van der Waals surface area contributed by atoms with Crippen LogP contribution in [0.2, 0.25) is 0 Å². The smallest absolute Gasteiger partial charge is 0.229 e. The Morgan fingerprint density at radius 2 is 1.50 bits per heavy atom. The molecule has 2 saturated heterocycles. The predicted octanol–water partition coefficient (Wildman–Crippen LogP) is 3.25. The first-order valence-electron chi connectivity index (χ1n) is 10.0. The van der Waals surface area contributed by atoms with Crippen LogP contribution in [0.1, 0.15) is 25.7 Å². The number of aromatic nitrogens is 3. The molecule has 1 aromatic carbocycles. The highest BCUT2D eigenvalue weighted by Gasteiger charge is 2.24. The minimum absolute atomic E-state index is 0.114. The molecule has 146 valence electrons. The Labute approximate surface area is 163 Å². The van der Waals surface area contributed by atoms with Gasteiger partial charge in [-0.2, -0.15) is 9.97 Å². The molecule has 0 unspecified atom stereocenters. The summed E-state index contributed by atoms with van der Waals surface area (Å²) in [5.41, 5.74) is 2.69. The third kappa shape index (κ3) is 2.73. The average Bonchev–Trinajstić information content (AvgIpc) is 3.45. The van der Waals surface area contributed by atoms with Gasteiger partial charge in [0, 0.05) is 38.8 Å². The predicted molar refractivity (Wildman–Crippen MR) is 110 cm³/mol. The fraction of sp³-hybridized carbons (Fsp3) is 0.429. The van der Waals surface area contributed by atoms with Gasteiger partial charge in [-0.1, -0.05) is 0 Å². The van der Waals surface area contributed by atoms with E-state index >= 15 is 0 Å². The summed E-state index contributed by atoms with van der Waals surface area (Å²) in [6, 6.07) is 7.02. The Morgan fingerprint density at radius 1 is 0.821 bits per heavy atom. The summed E-state index contributed by atoms with van der Waals surface area (Å²) >= 11 is 0. The van der Waals surface area contributed by atoms with Crippen molar-refractivity contribution in [2.75, 3.05) is 36.0 Å². The first kappa shape index (κ1) is 17.2. The van der Waals surface area contributed by atoms with E-state index in [2.05, 4.69) is 20.4 Å². The van der Waals surface area contributed by atoms with Crippen molar-refractivity contribution in [3.05, 3.63) is 24.3 Å². The van der Waals surface area contributed by atoms with Gasteiger partial charge in [-0.25, -0.2) is 0 Å². The maximum absolute atomic E-state index is 9.94. The van der Waals surface area contributed by atoms with Crippen LogP contribution < -0.4 is 9.80 Å². The van der Waals surface area contributed by atoms with Crippen molar-refractivity contribution in [3.63, 3.8) is 0 Å². The first-order valence-corrected chi connectivity index (χ1v) is 10.0. The summed E-state index contributed by atoms with van der Waals surface area (Å²) in [5, 5.41) is 20.6. The van der Waals surface area contributed by atoms with Crippen molar-refractivity contribution in [3.8, 4) is 22.8 Å². The molecule has 5 rings (SSSR count). The number of aryl methyl sites for hydroxylation is 1. The second-order valence-electron chi connectivity index (χ2n) is 7.76. The topological polar surface area (TPSA) is 77.7 Å². The second-order valence-corrected chi connectivity index (χ2v) is 7.76. The van der Waals surface area contributed by atoms with Crippen molar-refractivity contribution in [1.29, 1.82) is 0 Å². The minimum Gasteiger partial charge on any atom is -0.504 e. The Hall–Kier alpha value is -2.96. The molecular weight excluding hydrogens is 354 g/mol. The highest BCUT2D eigenvalue weighted by atomic mass is 16.3. The molecule has 2 fully saturated rings. The van der Waals surface area contributed by atoms with Gasteiger partial charge >= 0.3 is 0 Å². The molecule has 0 radical (unpaired) electrons. The molecule has 7 heteroatoms. The molecule has 2 N–H and O–H groups in total. The fourth-order valence-corrected chi connectivity index (χ4v) is 4.36. The third-order valence-corrected chi connectivity index (χ3v) is 5.92. The maximum atomic E-state index is 9.94. The molecule has 0 bridgehead atoms. The molecule has 2 aliphatic rings. The standard InChI is InChI=1S/C21H25N5O2/c1-24-16(14-6-7-17(27)18(28)12-14)13-15-19(24)22-21(26-10-4-5-11-26)23-20(15)25-8-2-3-9-25/h6-7,12-13,27-28H,2-5,8-11H2,1H3. The van der Waals surface area contributed by atoms with Gasteiger partial charge in [0.25, 0.3) is 0 Å². The van der Waals surface area contributed by atoms with Crippen LogP contribution in [-0.4, -0.2) is 50.9 Å². The number of hydrogen-bond donors (Lipinski definition) is 2. The maximum Gasteiger partial charge on any atom is 0.229 e. The number of fused-ring (bicyclic) bond motifs is 1. The normalized spacial score (nSPS) is 17.2. The van der Waals surface area contributed by atoms with Gasteiger partial charge in [0.2, 0.25) is 5.95 Å². The monoisotopic (exact) mass is 379 g/mol. The summed E-state index contributed by atoms with van der Waals surface area (Å²) < 4.78 is 2.06. The molecule has 0 atom stereocenters. The summed E-state index contributed by atoms with van der Waals surface area (Å²) in [4.78, 5) is 14.5. The van der Waals surface area contributed by atoms with E-state index in [1.807, 2.05) is 13.1 Å². The molecule has 2 aromatic heterocycles. The number of phenolic OH excluding ortho intramolecular Hbond substituents is 2. The summed E-state index contributed by atoms with van der Waals surface area (Å²) in [6.45, 7) is 4.06. The van der Waals surface area contributed by atoms with Gasteiger partial charge in [-0.3, -0.25) is 0 Å². The van der Waals surface area contributed by atoms with E-state index in [1.54, 1.807) is 6.07 Å². The Morgan fingerprint density at radius 3 is 2.18 bits per heavy atom. The van der Waals surface area contributed by atoms with E-state index in [0.717, 1.165) is 60.2 Å². The molecule has 0 saturated carbocycles. The number of rotatable bonds is 3. The van der Waals surface area contributed by atoms with Gasteiger partial charge in [-0.05, 0) is 49.9 Å². The first-order chi connectivity index (χ1) is 13.6. The second kappa shape index (κ2) is 6.58. The van der Waals surface area contributed by atoms with Crippen LogP contribution in [0.4, 0.5) is 11.8 Å². The summed E-state index contributed by atoms with van der Waals surface area (Å²) in [5.74, 6) is 1.59. The van der Waals surface area contributed by atoms with E-state index in [1.165, 1.54) is 31.7 Å². The highest BCUT2D eigenvalue weighted by Crippen LogP contribution is 2.37. The lowest BCUT2D eigenvalue weighted by atomic mass is 10.1. The third-order valence-electron chi connectivity index (χ3n) is 5.92. The van der Waals surface area contributed by atoms with Crippen molar-refractivity contribution in [2.24, 2.45) is 7.05 Å². The summed E-state index contributed by atoms with van der Waals surface area (Å²) in [7, 11) is 2.00. The Balaban J connectivity index is 1.70. The lowest BCUT2D eigenvalue weighted by molar-refractivity contribution is 0.404.